The SMILES string of the molecule is CCCCn1c2c(c(=O)n(C)c1=O)[C@@H](CC(=O)Nc1ccc(C)cc1C)C(=O)N2. The van der Waals surface area contributed by atoms with Gasteiger partial charge in [0.25, 0.3) is 5.56 Å². The molecule has 1 aliphatic heterocycles. The van der Waals surface area contributed by atoms with Crippen LogP contribution in [0.5, 0.6) is 0 Å². The first-order chi connectivity index (χ1) is 13.7. The third-order valence-corrected chi connectivity index (χ3v) is 5.27. The lowest BCUT2D eigenvalue weighted by molar-refractivity contribution is -0.122. The standard InChI is InChI=1S/C21H26N4O4/c1-5-6-9-25-18-17(20(28)24(4)21(25)29)14(19(27)23-18)11-16(26)22-15-8-7-12(2)10-13(15)3/h7-8,10,14H,5-6,9,11H2,1-4H3,(H,22,26)(H,23,27)/t14-/m1/s1. The van der Waals surface area contributed by atoms with Gasteiger partial charge in [-0.2, -0.15) is 0 Å². The molecule has 0 aliphatic carbocycles. The lowest BCUT2D eigenvalue weighted by atomic mass is 9.98. The molecule has 0 fully saturated rings. The Morgan fingerprint density at radius 3 is 2.59 bits per heavy atom. The van der Waals surface area contributed by atoms with E-state index in [1.807, 2.05) is 39.0 Å². The van der Waals surface area contributed by atoms with E-state index >= 15 is 0 Å². The predicted molar refractivity (Wildman–Crippen MR) is 111 cm³/mol. The van der Waals surface area contributed by atoms with E-state index in [1.54, 1.807) is 0 Å². The van der Waals surface area contributed by atoms with Gasteiger partial charge >= 0.3 is 5.69 Å². The molecule has 1 aliphatic rings. The highest BCUT2D eigenvalue weighted by Gasteiger charge is 2.38. The van der Waals surface area contributed by atoms with E-state index in [0.717, 1.165) is 28.5 Å². The Bertz CT molecular complexity index is 1100. The number of aromatic nitrogens is 2. The fourth-order valence-corrected chi connectivity index (χ4v) is 3.63. The van der Waals surface area contributed by atoms with Crippen molar-refractivity contribution in [3.05, 3.63) is 55.7 Å². The van der Waals surface area contributed by atoms with Gasteiger partial charge in [0, 0.05) is 25.7 Å². The molecule has 8 heteroatoms. The summed E-state index contributed by atoms with van der Waals surface area (Å²) in [6.07, 6.45) is 1.42. The molecule has 0 spiro atoms. The lowest BCUT2D eigenvalue weighted by Gasteiger charge is -2.14. The van der Waals surface area contributed by atoms with E-state index in [-0.39, 0.29) is 23.7 Å². The van der Waals surface area contributed by atoms with Gasteiger partial charge in [-0.3, -0.25) is 23.5 Å². The second-order valence-corrected chi connectivity index (χ2v) is 7.53. The average Bonchev–Trinajstić information content (AvgIpc) is 2.98. The second-order valence-electron chi connectivity index (χ2n) is 7.53. The Balaban J connectivity index is 1.92. The van der Waals surface area contributed by atoms with Crippen LogP contribution in [-0.2, 0) is 23.2 Å². The molecule has 0 saturated carbocycles. The van der Waals surface area contributed by atoms with Crippen LogP contribution in [0.15, 0.2) is 27.8 Å². The highest BCUT2D eigenvalue weighted by Crippen LogP contribution is 2.32. The minimum absolute atomic E-state index is 0.173. The normalized spacial score (nSPS) is 15.2. The summed E-state index contributed by atoms with van der Waals surface area (Å²) >= 11 is 0. The van der Waals surface area contributed by atoms with Crippen LogP contribution in [0.25, 0.3) is 0 Å². The zero-order valence-corrected chi connectivity index (χ0v) is 17.2. The number of anilines is 2. The maximum Gasteiger partial charge on any atom is 0.332 e. The predicted octanol–water partition coefficient (Wildman–Crippen LogP) is 2.03. The van der Waals surface area contributed by atoms with Crippen molar-refractivity contribution >= 4 is 23.3 Å². The van der Waals surface area contributed by atoms with E-state index < -0.39 is 23.1 Å². The van der Waals surface area contributed by atoms with Crippen LogP contribution in [0.2, 0.25) is 0 Å². The number of unbranched alkanes of at least 4 members (excludes halogenated alkanes) is 1. The van der Waals surface area contributed by atoms with Crippen LogP contribution in [0.3, 0.4) is 0 Å². The fraction of sp³-hybridized carbons (Fsp3) is 0.429. The Kier molecular flexibility index (Phi) is 5.72. The van der Waals surface area contributed by atoms with Crippen LogP contribution in [0.1, 0.15) is 48.8 Å². The summed E-state index contributed by atoms with van der Waals surface area (Å²) in [4.78, 5) is 50.4. The maximum atomic E-state index is 12.7. The van der Waals surface area contributed by atoms with Gasteiger partial charge in [-0.05, 0) is 31.9 Å². The van der Waals surface area contributed by atoms with Gasteiger partial charge in [0.1, 0.15) is 5.82 Å². The molecule has 2 heterocycles. The van der Waals surface area contributed by atoms with E-state index in [1.165, 1.54) is 11.6 Å². The van der Waals surface area contributed by atoms with Crippen molar-refractivity contribution in [3.8, 4) is 0 Å². The van der Waals surface area contributed by atoms with Crippen molar-refractivity contribution in [1.29, 1.82) is 0 Å². The van der Waals surface area contributed by atoms with E-state index in [9.17, 15) is 19.2 Å². The number of fused-ring (bicyclic) bond motifs is 1. The molecule has 3 rings (SSSR count). The summed E-state index contributed by atoms with van der Waals surface area (Å²) < 4.78 is 2.42. The molecule has 8 nitrogen and oxygen atoms in total. The Morgan fingerprint density at radius 1 is 1.21 bits per heavy atom. The van der Waals surface area contributed by atoms with Crippen LogP contribution in [0, 0.1) is 13.8 Å². The highest BCUT2D eigenvalue weighted by atomic mass is 16.2. The van der Waals surface area contributed by atoms with Crippen LogP contribution >= 0.6 is 0 Å². The first-order valence-corrected chi connectivity index (χ1v) is 9.76. The fourth-order valence-electron chi connectivity index (χ4n) is 3.63. The molecule has 0 bridgehead atoms. The van der Waals surface area contributed by atoms with Gasteiger partial charge in [-0.15, -0.1) is 0 Å². The number of rotatable bonds is 6. The number of hydrogen-bond donors (Lipinski definition) is 2. The van der Waals surface area contributed by atoms with Gasteiger partial charge in [-0.25, -0.2) is 4.79 Å². The van der Waals surface area contributed by atoms with Crippen LogP contribution in [0.4, 0.5) is 11.5 Å². The number of nitrogens with one attached hydrogen (secondary N) is 2. The molecule has 2 N–H and O–H groups in total. The summed E-state index contributed by atoms with van der Waals surface area (Å²) in [5.74, 6) is -1.51. The Labute approximate surface area is 168 Å². The minimum atomic E-state index is -0.928. The van der Waals surface area contributed by atoms with Crippen molar-refractivity contribution in [2.45, 2.75) is 52.5 Å². The molecule has 1 aromatic heterocycles. The first-order valence-electron chi connectivity index (χ1n) is 9.76. The van der Waals surface area contributed by atoms with E-state index in [4.69, 9.17) is 0 Å². The summed E-state index contributed by atoms with van der Waals surface area (Å²) in [6.45, 7) is 6.24. The topological polar surface area (TPSA) is 102 Å². The molecule has 1 aromatic carbocycles. The molecule has 2 aromatic rings. The molecule has 2 amide bonds. The maximum absolute atomic E-state index is 12.7. The van der Waals surface area contributed by atoms with Crippen LogP contribution < -0.4 is 21.9 Å². The van der Waals surface area contributed by atoms with Crippen molar-refractivity contribution in [2.24, 2.45) is 7.05 Å². The quantitative estimate of drug-likeness (QED) is 0.777. The number of carbonyl (C=O) groups excluding carboxylic acids is 2. The third-order valence-electron chi connectivity index (χ3n) is 5.27. The Morgan fingerprint density at radius 2 is 1.93 bits per heavy atom. The highest BCUT2D eigenvalue weighted by molar-refractivity contribution is 6.05. The minimum Gasteiger partial charge on any atom is -0.326 e. The molecule has 0 unspecified atom stereocenters. The van der Waals surface area contributed by atoms with Gasteiger partial charge in [0.05, 0.1) is 11.5 Å². The summed E-state index contributed by atoms with van der Waals surface area (Å²) in [5, 5.41) is 5.47. The van der Waals surface area contributed by atoms with Crippen LogP contribution in [-0.4, -0.2) is 20.9 Å². The summed E-state index contributed by atoms with van der Waals surface area (Å²) in [5.41, 5.74) is 1.84. The average molecular weight is 398 g/mol. The third kappa shape index (κ3) is 3.87. The monoisotopic (exact) mass is 398 g/mol. The molecule has 1 atom stereocenters. The van der Waals surface area contributed by atoms with E-state index in [0.29, 0.717) is 12.2 Å². The first kappa shape index (κ1) is 20.6. The summed E-state index contributed by atoms with van der Waals surface area (Å²) in [6, 6.07) is 5.66. The number of hydrogen-bond acceptors (Lipinski definition) is 4. The number of carbonyl (C=O) groups is 2. The molecular formula is C21H26N4O4. The van der Waals surface area contributed by atoms with Gasteiger partial charge < -0.3 is 10.6 Å². The summed E-state index contributed by atoms with van der Waals surface area (Å²) in [7, 11) is 1.39. The van der Waals surface area contributed by atoms with Gasteiger partial charge in [0.2, 0.25) is 11.8 Å². The molecule has 154 valence electrons. The largest absolute Gasteiger partial charge is 0.332 e. The number of nitrogens with zero attached hydrogens (tertiary/aromatic N) is 2. The van der Waals surface area contributed by atoms with Crippen molar-refractivity contribution in [3.63, 3.8) is 0 Å². The van der Waals surface area contributed by atoms with E-state index in [2.05, 4.69) is 10.6 Å². The Hall–Kier alpha value is -3.16. The number of amides is 2. The van der Waals surface area contributed by atoms with Gasteiger partial charge in [-0.1, -0.05) is 31.0 Å². The smallest absolute Gasteiger partial charge is 0.326 e. The van der Waals surface area contributed by atoms with Crippen molar-refractivity contribution in [2.75, 3.05) is 10.6 Å². The number of aryl methyl sites for hydroxylation is 2. The number of benzene rings is 1. The zero-order chi connectivity index (χ0) is 21.3. The van der Waals surface area contributed by atoms with Gasteiger partial charge in [0.15, 0.2) is 0 Å². The molecule has 0 saturated heterocycles. The molecular weight excluding hydrogens is 372 g/mol. The van der Waals surface area contributed by atoms with Crippen molar-refractivity contribution in [1.82, 2.24) is 9.13 Å². The van der Waals surface area contributed by atoms with Crippen molar-refractivity contribution < 1.29 is 9.59 Å². The molecule has 29 heavy (non-hydrogen) atoms. The molecule has 0 radical (unpaired) electrons. The lowest BCUT2D eigenvalue weighted by Crippen LogP contribution is -2.40. The zero-order valence-electron chi connectivity index (χ0n) is 17.2. The second kappa shape index (κ2) is 8.06.